The van der Waals surface area contributed by atoms with Gasteiger partial charge in [0.2, 0.25) is 0 Å². The summed E-state index contributed by atoms with van der Waals surface area (Å²) in [5, 5.41) is 0. The lowest BCUT2D eigenvalue weighted by molar-refractivity contribution is -0.117. The van der Waals surface area contributed by atoms with E-state index < -0.39 is 0 Å². The predicted octanol–water partition coefficient (Wildman–Crippen LogP) is 4.05. The molecule has 0 amide bonds. The summed E-state index contributed by atoms with van der Waals surface area (Å²) in [5.74, 6) is 0.280. The van der Waals surface area contributed by atoms with Crippen LogP contribution in [0, 0.1) is 0 Å². The maximum atomic E-state index is 10.7. The molecule has 0 unspecified atom stereocenters. The number of ketones is 1. The van der Waals surface area contributed by atoms with Gasteiger partial charge in [0.25, 0.3) is 0 Å². The van der Waals surface area contributed by atoms with E-state index in [0.29, 0.717) is 6.42 Å². The number of allylic oxidation sites excluding steroid dienone is 3. The molecule has 0 aliphatic carbocycles. The molecule has 0 saturated carbocycles. The SMILES string of the molecule is C=C(CCC=C(C)C)CCCC(C)=O. The Morgan fingerprint density at radius 3 is 2.29 bits per heavy atom. The average molecular weight is 194 g/mol. The largest absolute Gasteiger partial charge is 0.300 e. The second-order valence-corrected chi connectivity index (χ2v) is 4.13. The Labute approximate surface area is 87.9 Å². The van der Waals surface area contributed by atoms with Gasteiger partial charge < -0.3 is 4.79 Å². The third-order valence-corrected chi connectivity index (χ3v) is 2.11. The normalized spacial score (nSPS) is 9.64. The molecule has 0 atom stereocenters. The Morgan fingerprint density at radius 1 is 1.14 bits per heavy atom. The van der Waals surface area contributed by atoms with Crippen LogP contribution in [0.25, 0.3) is 0 Å². The molecule has 0 aromatic heterocycles. The molecule has 0 N–H and O–H groups in total. The van der Waals surface area contributed by atoms with Crippen LogP contribution in [-0.4, -0.2) is 5.78 Å². The van der Waals surface area contributed by atoms with Gasteiger partial charge in [-0.3, -0.25) is 0 Å². The van der Waals surface area contributed by atoms with Crippen molar-refractivity contribution in [2.45, 2.75) is 52.9 Å². The van der Waals surface area contributed by atoms with Gasteiger partial charge in [-0.2, -0.15) is 0 Å². The van der Waals surface area contributed by atoms with Crippen molar-refractivity contribution in [3.63, 3.8) is 0 Å². The smallest absolute Gasteiger partial charge is 0.129 e. The van der Waals surface area contributed by atoms with Gasteiger partial charge >= 0.3 is 0 Å². The van der Waals surface area contributed by atoms with Crippen LogP contribution < -0.4 is 0 Å². The van der Waals surface area contributed by atoms with Crippen LogP contribution in [-0.2, 0) is 4.79 Å². The Kier molecular flexibility index (Phi) is 7.09. The fraction of sp³-hybridized carbons (Fsp3) is 0.615. The monoisotopic (exact) mass is 194 g/mol. The van der Waals surface area contributed by atoms with Crippen molar-refractivity contribution in [1.29, 1.82) is 0 Å². The van der Waals surface area contributed by atoms with Crippen LogP contribution in [0.2, 0.25) is 0 Å². The molecule has 80 valence electrons. The molecule has 14 heavy (non-hydrogen) atoms. The van der Waals surface area contributed by atoms with E-state index in [-0.39, 0.29) is 5.78 Å². The molecule has 0 spiro atoms. The lowest BCUT2D eigenvalue weighted by Gasteiger charge is -2.02. The van der Waals surface area contributed by atoms with E-state index in [9.17, 15) is 4.79 Å². The highest BCUT2D eigenvalue weighted by Gasteiger charge is 1.96. The van der Waals surface area contributed by atoms with E-state index in [1.54, 1.807) is 6.92 Å². The maximum absolute atomic E-state index is 10.7. The first kappa shape index (κ1) is 13.2. The zero-order chi connectivity index (χ0) is 11.0. The molecular weight excluding hydrogens is 172 g/mol. The van der Waals surface area contributed by atoms with E-state index in [2.05, 4.69) is 26.5 Å². The van der Waals surface area contributed by atoms with Crippen molar-refractivity contribution < 1.29 is 4.79 Å². The summed E-state index contributed by atoms with van der Waals surface area (Å²) < 4.78 is 0. The Morgan fingerprint density at radius 2 is 1.79 bits per heavy atom. The summed E-state index contributed by atoms with van der Waals surface area (Å²) in [6.07, 6.45) is 7.03. The van der Waals surface area contributed by atoms with Crippen LogP contribution >= 0.6 is 0 Å². The first-order chi connectivity index (χ1) is 6.52. The van der Waals surface area contributed by atoms with Crippen molar-refractivity contribution in [3.05, 3.63) is 23.8 Å². The van der Waals surface area contributed by atoms with Gasteiger partial charge in [-0.05, 0) is 46.5 Å². The quantitative estimate of drug-likeness (QED) is 0.559. The standard InChI is InChI=1S/C13H22O/c1-11(2)7-5-8-12(3)9-6-10-13(4)14/h7H,3,5-6,8-10H2,1-2,4H3. The van der Waals surface area contributed by atoms with E-state index in [1.165, 1.54) is 11.1 Å². The van der Waals surface area contributed by atoms with Gasteiger partial charge in [0, 0.05) is 6.42 Å². The molecule has 1 heteroatoms. The zero-order valence-electron chi connectivity index (χ0n) is 9.73. The van der Waals surface area contributed by atoms with Crippen molar-refractivity contribution >= 4 is 5.78 Å². The van der Waals surface area contributed by atoms with Crippen LogP contribution in [0.5, 0.6) is 0 Å². The summed E-state index contributed by atoms with van der Waals surface area (Å²) in [6.45, 7) is 9.87. The number of carbonyl (C=O) groups excluding carboxylic acids is 1. The number of hydrogen-bond donors (Lipinski definition) is 0. The maximum Gasteiger partial charge on any atom is 0.129 e. The van der Waals surface area contributed by atoms with Gasteiger partial charge in [0.05, 0.1) is 0 Å². The molecule has 0 aromatic rings. The van der Waals surface area contributed by atoms with Crippen molar-refractivity contribution in [2.75, 3.05) is 0 Å². The molecule has 0 bridgehead atoms. The van der Waals surface area contributed by atoms with E-state index in [0.717, 1.165) is 25.7 Å². The second kappa shape index (κ2) is 7.54. The number of hydrogen-bond acceptors (Lipinski definition) is 1. The molecule has 0 heterocycles. The Hall–Kier alpha value is -0.850. The van der Waals surface area contributed by atoms with Crippen LogP contribution in [0.3, 0.4) is 0 Å². The summed E-state index contributed by atoms with van der Waals surface area (Å²) in [5.41, 5.74) is 2.63. The van der Waals surface area contributed by atoms with Gasteiger partial charge in [-0.25, -0.2) is 0 Å². The summed E-state index contributed by atoms with van der Waals surface area (Å²) >= 11 is 0. The molecule has 1 nitrogen and oxygen atoms in total. The van der Waals surface area contributed by atoms with E-state index in [1.807, 2.05) is 0 Å². The zero-order valence-corrected chi connectivity index (χ0v) is 9.73. The Bertz CT molecular complexity index is 219. The highest BCUT2D eigenvalue weighted by Crippen LogP contribution is 2.12. The molecule has 0 fully saturated rings. The minimum Gasteiger partial charge on any atom is -0.300 e. The first-order valence-corrected chi connectivity index (χ1v) is 5.32. The van der Waals surface area contributed by atoms with Crippen molar-refractivity contribution in [3.8, 4) is 0 Å². The molecule has 0 saturated heterocycles. The molecule has 0 radical (unpaired) electrons. The van der Waals surface area contributed by atoms with Gasteiger partial charge in [-0.1, -0.05) is 23.8 Å². The Balaban J connectivity index is 3.47. The fourth-order valence-corrected chi connectivity index (χ4v) is 1.28. The second-order valence-electron chi connectivity index (χ2n) is 4.13. The average Bonchev–Trinajstić information content (AvgIpc) is 2.02. The highest BCUT2D eigenvalue weighted by molar-refractivity contribution is 5.75. The fourth-order valence-electron chi connectivity index (χ4n) is 1.28. The van der Waals surface area contributed by atoms with Crippen LogP contribution in [0.1, 0.15) is 52.9 Å². The highest BCUT2D eigenvalue weighted by atomic mass is 16.1. The van der Waals surface area contributed by atoms with E-state index >= 15 is 0 Å². The van der Waals surface area contributed by atoms with Gasteiger partial charge in [0.15, 0.2) is 0 Å². The number of carbonyl (C=O) groups is 1. The molecule has 0 aliphatic heterocycles. The third kappa shape index (κ3) is 9.24. The molecule has 0 aliphatic rings. The molecular formula is C13H22O. The minimum absolute atomic E-state index is 0.280. The lowest BCUT2D eigenvalue weighted by atomic mass is 10.0. The predicted molar refractivity (Wildman–Crippen MR) is 62.3 cm³/mol. The lowest BCUT2D eigenvalue weighted by Crippen LogP contribution is -1.90. The summed E-state index contributed by atoms with van der Waals surface area (Å²) in [4.78, 5) is 10.7. The van der Waals surface area contributed by atoms with Crippen molar-refractivity contribution in [2.24, 2.45) is 0 Å². The molecule has 0 rings (SSSR count). The van der Waals surface area contributed by atoms with Gasteiger partial charge in [-0.15, -0.1) is 0 Å². The summed E-state index contributed by atoms with van der Waals surface area (Å²) in [6, 6.07) is 0. The van der Waals surface area contributed by atoms with E-state index in [4.69, 9.17) is 0 Å². The number of Topliss-reactive ketones (excluding diaryl/α,β-unsaturated/α-hetero) is 1. The topological polar surface area (TPSA) is 17.1 Å². The minimum atomic E-state index is 0.280. The first-order valence-electron chi connectivity index (χ1n) is 5.32. The third-order valence-electron chi connectivity index (χ3n) is 2.11. The molecule has 0 aromatic carbocycles. The summed E-state index contributed by atoms with van der Waals surface area (Å²) in [7, 11) is 0. The van der Waals surface area contributed by atoms with Crippen LogP contribution in [0.15, 0.2) is 23.8 Å². The van der Waals surface area contributed by atoms with Crippen molar-refractivity contribution in [1.82, 2.24) is 0 Å². The van der Waals surface area contributed by atoms with Gasteiger partial charge in [0.1, 0.15) is 5.78 Å². The van der Waals surface area contributed by atoms with Crippen LogP contribution in [0.4, 0.5) is 0 Å². The number of rotatable bonds is 7.